The van der Waals surface area contributed by atoms with Crippen molar-refractivity contribution in [1.82, 2.24) is 15.1 Å². The molecule has 2 heterocycles. The molecule has 1 saturated heterocycles. The van der Waals surface area contributed by atoms with E-state index in [-0.39, 0.29) is 12.5 Å². The summed E-state index contributed by atoms with van der Waals surface area (Å²) in [5, 5.41) is 19.8. The second kappa shape index (κ2) is 6.04. The average molecular weight is 256 g/mol. The summed E-state index contributed by atoms with van der Waals surface area (Å²) in [7, 11) is 0. The van der Waals surface area contributed by atoms with Gasteiger partial charge in [-0.1, -0.05) is 11.3 Å². The minimum absolute atomic E-state index is 0.0691. The number of hydrogen-bond donors (Lipinski definition) is 2. The molecule has 0 radical (unpaired) electrons. The van der Waals surface area contributed by atoms with E-state index in [0.717, 1.165) is 25.9 Å². The van der Waals surface area contributed by atoms with Crippen LogP contribution in [0.15, 0.2) is 5.51 Å². The molecule has 0 bridgehead atoms. The van der Waals surface area contributed by atoms with Crippen molar-refractivity contribution in [1.29, 1.82) is 0 Å². The van der Waals surface area contributed by atoms with Gasteiger partial charge in [-0.25, -0.2) is 0 Å². The van der Waals surface area contributed by atoms with Crippen LogP contribution in [0, 0.1) is 5.92 Å². The van der Waals surface area contributed by atoms with Crippen LogP contribution in [-0.4, -0.2) is 52.4 Å². The van der Waals surface area contributed by atoms with Gasteiger partial charge in [-0.2, -0.15) is 0 Å². The highest BCUT2D eigenvalue weighted by molar-refractivity contribution is 7.13. The summed E-state index contributed by atoms with van der Waals surface area (Å²) in [5.74, 6) is 0.235. The quantitative estimate of drug-likeness (QED) is 0.803. The van der Waals surface area contributed by atoms with Crippen LogP contribution in [0.3, 0.4) is 0 Å². The van der Waals surface area contributed by atoms with Crippen LogP contribution in [0.1, 0.15) is 12.8 Å². The summed E-state index contributed by atoms with van der Waals surface area (Å²) >= 11 is 1.31. The van der Waals surface area contributed by atoms with E-state index in [0.29, 0.717) is 17.6 Å². The number of aromatic nitrogens is 2. The van der Waals surface area contributed by atoms with Crippen molar-refractivity contribution in [3.05, 3.63) is 5.51 Å². The number of amides is 1. The number of nitrogens with one attached hydrogen (secondary N) is 1. The molecule has 1 aromatic heterocycles. The van der Waals surface area contributed by atoms with Crippen LogP contribution >= 0.6 is 11.3 Å². The molecule has 1 atom stereocenters. The average Bonchev–Trinajstić information content (AvgIpc) is 2.82. The fraction of sp³-hybridized carbons (Fsp3) is 0.700. The van der Waals surface area contributed by atoms with Gasteiger partial charge in [0, 0.05) is 13.2 Å². The van der Waals surface area contributed by atoms with Crippen LogP contribution in [0.4, 0.5) is 5.13 Å². The first kappa shape index (κ1) is 12.4. The normalized spacial score (nSPS) is 21.4. The number of piperidine rings is 1. The van der Waals surface area contributed by atoms with Crippen LogP contribution in [-0.2, 0) is 4.79 Å². The Morgan fingerprint density at radius 2 is 2.59 bits per heavy atom. The highest BCUT2D eigenvalue weighted by Gasteiger charge is 2.21. The highest BCUT2D eigenvalue weighted by atomic mass is 32.1. The molecule has 7 heteroatoms. The number of aliphatic hydroxyl groups excluding tert-OH is 1. The van der Waals surface area contributed by atoms with Gasteiger partial charge in [0.1, 0.15) is 5.51 Å². The summed E-state index contributed by atoms with van der Waals surface area (Å²) in [4.78, 5) is 13.8. The Labute approximate surface area is 104 Å². The highest BCUT2D eigenvalue weighted by Crippen LogP contribution is 2.15. The Hall–Kier alpha value is -1.05. The van der Waals surface area contributed by atoms with E-state index in [4.69, 9.17) is 5.11 Å². The third kappa shape index (κ3) is 3.72. The predicted molar refractivity (Wildman–Crippen MR) is 64.8 cm³/mol. The van der Waals surface area contributed by atoms with Crippen LogP contribution in [0.2, 0.25) is 0 Å². The second-order valence-electron chi connectivity index (χ2n) is 4.22. The first-order valence-corrected chi connectivity index (χ1v) is 6.55. The van der Waals surface area contributed by atoms with Crippen LogP contribution in [0.5, 0.6) is 0 Å². The number of anilines is 1. The van der Waals surface area contributed by atoms with Gasteiger partial charge in [-0.05, 0) is 25.3 Å². The van der Waals surface area contributed by atoms with Gasteiger partial charge in [0.15, 0.2) is 0 Å². The minimum Gasteiger partial charge on any atom is -0.396 e. The fourth-order valence-corrected chi connectivity index (χ4v) is 2.49. The Morgan fingerprint density at radius 1 is 1.71 bits per heavy atom. The lowest BCUT2D eigenvalue weighted by Crippen LogP contribution is -2.41. The maximum absolute atomic E-state index is 11.7. The largest absolute Gasteiger partial charge is 0.396 e. The SMILES string of the molecule is O=C(CN1CCCC(CO)C1)Nc1nncs1. The maximum Gasteiger partial charge on any atom is 0.240 e. The van der Waals surface area contributed by atoms with Gasteiger partial charge in [-0.3, -0.25) is 15.0 Å². The number of likely N-dealkylation sites (tertiary alicyclic amines) is 1. The molecule has 0 spiro atoms. The monoisotopic (exact) mass is 256 g/mol. The van der Waals surface area contributed by atoms with Gasteiger partial charge >= 0.3 is 0 Å². The Bertz CT molecular complexity index is 357. The summed E-state index contributed by atoms with van der Waals surface area (Å²) in [5.41, 5.74) is 1.58. The summed E-state index contributed by atoms with van der Waals surface area (Å²) in [6, 6.07) is 0. The zero-order valence-electron chi connectivity index (χ0n) is 9.50. The second-order valence-corrected chi connectivity index (χ2v) is 5.05. The molecule has 0 saturated carbocycles. The molecule has 1 aliphatic heterocycles. The summed E-state index contributed by atoms with van der Waals surface area (Å²) in [6.07, 6.45) is 2.09. The Kier molecular flexibility index (Phi) is 4.41. The van der Waals surface area contributed by atoms with Crippen molar-refractivity contribution in [2.24, 2.45) is 5.92 Å². The number of carbonyl (C=O) groups excluding carboxylic acids is 1. The molecule has 0 aromatic carbocycles. The van der Waals surface area contributed by atoms with Crippen molar-refractivity contribution in [2.45, 2.75) is 12.8 Å². The predicted octanol–water partition coefficient (Wildman–Crippen LogP) is 0.181. The molecule has 1 fully saturated rings. The number of rotatable bonds is 4. The molecule has 6 nitrogen and oxygen atoms in total. The lowest BCUT2D eigenvalue weighted by Gasteiger charge is -2.30. The summed E-state index contributed by atoms with van der Waals surface area (Å²) < 4.78 is 0. The van der Waals surface area contributed by atoms with E-state index < -0.39 is 0 Å². The number of aliphatic hydroxyl groups is 1. The lowest BCUT2D eigenvalue weighted by molar-refractivity contribution is -0.117. The van der Waals surface area contributed by atoms with E-state index in [1.54, 1.807) is 5.51 Å². The zero-order chi connectivity index (χ0) is 12.1. The lowest BCUT2D eigenvalue weighted by atomic mass is 9.99. The molecular weight excluding hydrogens is 240 g/mol. The van der Waals surface area contributed by atoms with Gasteiger partial charge in [0.25, 0.3) is 0 Å². The van der Waals surface area contributed by atoms with Crippen molar-refractivity contribution in [3.8, 4) is 0 Å². The zero-order valence-corrected chi connectivity index (χ0v) is 10.3. The maximum atomic E-state index is 11.7. The van der Waals surface area contributed by atoms with Gasteiger partial charge < -0.3 is 5.11 Å². The molecule has 1 aliphatic rings. The van der Waals surface area contributed by atoms with Crippen molar-refractivity contribution in [2.75, 3.05) is 31.6 Å². The van der Waals surface area contributed by atoms with Crippen LogP contribution in [0.25, 0.3) is 0 Å². The van der Waals surface area contributed by atoms with E-state index >= 15 is 0 Å². The van der Waals surface area contributed by atoms with Gasteiger partial charge in [0.05, 0.1) is 6.54 Å². The molecule has 94 valence electrons. The standard InChI is InChI=1S/C10H16N4O2S/c15-6-8-2-1-3-14(4-8)5-9(16)12-10-13-11-7-17-10/h7-8,15H,1-6H2,(H,12,13,16). The molecular formula is C10H16N4O2S. The van der Waals surface area contributed by atoms with E-state index in [1.807, 2.05) is 0 Å². The molecule has 1 amide bonds. The van der Waals surface area contributed by atoms with Crippen molar-refractivity contribution >= 4 is 22.4 Å². The topological polar surface area (TPSA) is 78.4 Å². The smallest absolute Gasteiger partial charge is 0.240 e. The third-order valence-electron chi connectivity index (χ3n) is 2.83. The molecule has 2 N–H and O–H groups in total. The molecule has 2 rings (SSSR count). The number of carbonyl (C=O) groups is 1. The van der Waals surface area contributed by atoms with Gasteiger partial charge in [0.2, 0.25) is 11.0 Å². The molecule has 1 unspecified atom stereocenters. The van der Waals surface area contributed by atoms with E-state index in [2.05, 4.69) is 20.4 Å². The van der Waals surface area contributed by atoms with Crippen LogP contribution < -0.4 is 5.32 Å². The van der Waals surface area contributed by atoms with E-state index in [9.17, 15) is 4.79 Å². The Morgan fingerprint density at radius 3 is 3.29 bits per heavy atom. The van der Waals surface area contributed by atoms with Gasteiger partial charge in [-0.15, -0.1) is 10.2 Å². The summed E-state index contributed by atoms with van der Waals surface area (Å²) in [6.45, 7) is 2.27. The molecule has 0 aliphatic carbocycles. The number of hydrogen-bond acceptors (Lipinski definition) is 6. The molecule has 17 heavy (non-hydrogen) atoms. The molecule has 1 aromatic rings. The first-order chi connectivity index (χ1) is 8.28. The van der Waals surface area contributed by atoms with Crippen molar-refractivity contribution < 1.29 is 9.90 Å². The Balaban J connectivity index is 1.78. The minimum atomic E-state index is -0.0691. The van der Waals surface area contributed by atoms with E-state index in [1.165, 1.54) is 11.3 Å². The fourth-order valence-electron chi connectivity index (χ4n) is 2.03. The first-order valence-electron chi connectivity index (χ1n) is 5.67. The van der Waals surface area contributed by atoms with Crippen molar-refractivity contribution in [3.63, 3.8) is 0 Å². The third-order valence-corrected chi connectivity index (χ3v) is 3.44. The number of nitrogens with zero attached hydrogens (tertiary/aromatic N) is 3.